The molecular formula is C7H9N3O3. The third kappa shape index (κ3) is 2.29. The molecule has 13 heavy (non-hydrogen) atoms. The molecule has 0 aliphatic heterocycles. The van der Waals surface area contributed by atoms with Crippen molar-refractivity contribution in [3.8, 4) is 0 Å². The van der Waals surface area contributed by atoms with Gasteiger partial charge >= 0.3 is 5.69 Å². The van der Waals surface area contributed by atoms with E-state index in [1.807, 2.05) is 4.98 Å². The summed E-state index contributed by atoms with van der Waals surface area (Å²) in [4.78, 5) is 36.8. The summed E-state index contributed by atoms with van der Waals surface area (Å²) in [5.41, 5.74) is -1.31. The Morgan fingerprint density at radius 3 is 2.69 bits per heavy atom. The van der Waals surface area contributed by atoms with Crippen molar-refractivity contribution in [3.05, 3.63) is 32.6 Å². The number of nitrogens with one attached hydrogen (secondary N) is 3. The standard InChI is InChI=1S/C7H9N3O3/c1-2-8-6(12)4-3-5(11)10-7(13)9-4/h3H,2H2,1H3,(H,8,12)(H2,9,10,11,13). The van der Waals surface area contributed by atoms with Crippen molar-refractivity contribution in [3.63, 3.8) is 0 Å². The lowest BCUT2D eigenvalue weighted by molar-refractivity contribution is 0.0950. The first kappa shape index (κ1) is 9.24. The number of aromatic nitrogens is 2. The molecule has 6 heteroatoms. The SMILES string of the molecule is CCNC(=O)c1cc(=O)[nH]c(=O)[nH]1. The molecule has 0 radical (unpaired) electrons. The summed E-state index contributed by atoms with van der Waals surface area (Å²) in [7, 11) is 0. The van der Waals surface area contributed by atoms with Crippen LogP contribution in [-0.4, -0.2) is 22.4 Å². The van der Waals surface area contributed by atoms with Crippen LogP contribution in [0.2, 0.25) is 0 Å². The van der Waals surface area contributed by atoms with Crippen molar-refractivity contribution in [2.75, 3.05) is 6.54 Å². The molecule has 1 heterocycles. The number of hydrogen-bond acceptors (Lipinski definition) is 3. The molecule has 1 rings (SSSR count). The Morgan fingerprint density at radius 1 is 1.46 bits per heavy atom. The van der Waals surface area contributed by atoms with Crippen LogP contribution in [0.1, 0.15) is 17.4 Å². The van der Waals surface area contributed by atoms with Crippen molar-refractivity contribution in [1.29, 1.82) is 0 Å². The van der Waals surface area contributed by atoms with Crippen LogP contribution < -0.4 is 16.6 Å². The fraction of sp³-hybridized carbons (Fsp3) is 0.286. The Labute approximate surface area is 73.0 Å². The summed E-state index contributed by atoms with van der Waals surface area (Å²) in [6, 6.07) is 1.03. The third-order valence-electron chi connectivity index (χ3n) is 1.34. The summed E-state index contributed by atoms with van der Waals surface area (Å²) < 4.78 is 0. The lowest BCUT2D eigenvalue weighted by Crippen LogP contribution is -2.30. The number of carbonyl (C=O) groups excluding carboxylic acids is 1. The first-order valence-corrected chi connectivity index (χ1v) is 3.75. The van der Waals surface area contributed by atoms with Crippen LogP contribution in [0.15, 0.2) is 15.7 Å². The first-order valence-electron chi connectivity index (χ1n) is 3.75. The number of amides is 1. The van der Waals surface area contributed by atoms with E-state index in [0.29, 0.717) is 6.54 Å². The summed E-state index contributed by atoms with van der Waals surface area (Å²) in [5.74, 6) is -0.467. The second-order valence-corrected chi connectivity index (χ2v) is 2.36. The highest BCUT2D eigenvalue weighted by atomic mass is 16.2. The van der Waals surface area contributed by atoms with E-state index in [2.05, 4.69) is 10.3 Å². The first-order chi connectivity index (χ1) is 6.13. The maximum atomic E-state index is 11.1. The maximum absolute atomic E-state index is 11.1. The number of rotatable bonds is 2. The average Bonchev–Trinajstić information content (AvgIpc) is 2.03. The molecule has 1 aromatic rings. The van der Waals surface area contributed by atoms with Crippen LogP contribution in [0.4, 0.5) is 0 Å². The predicted molar refractivity (Wildman–Crippen MR) is 45.7 cm³/mol. The number of H-pyrrole nitrogens is 2. The van der Waals surface area contributed by atoms with E-state index in [1.165, 1.54) is 0 Å². The molecule has 1 amide bonds. The highest BCUT2D eigenvalue weighted by Gasteiger charge is 2.05. The Morgan fingerprint density at radius 2 is 2.15 bits per heavy atom. The number of carbonyl (C=O) groups is 1. The third-order valence-corrected chi connectivity index (χ3v) is 1.34. The average molecular weight is 183 g/mol. The highest BCUT2D eigenvalue weighted by molar-refractivity contribution is 5.91. The topological polar surface area (TPSA) is 94.8 Å². The second kappa shape index (κ2) is 3.70. The zero-order valence-electron chi connectivity index (χ0n) is 7.01. The van der Waals surface area contributed by atoms with Gasteiger partial charge in [-0.1, -0.05) is 0 Å². The van der Waals surface area contributed by atoms with E-state index in [1.54, 1.807) is 6.92 Å². The van der Waals surface area contributed by atoms with Crippen molar-refractivity contribution in [1.82, 2.24) is 15.3 Å². The van der Waals surface area contributed by atoms with Crippen LogP contribution in [0.3, 0.4) is 0 Å². The van der Waals surface area contributed by atoms with Crippen molar-refractivity contribution in [2.45, 2.75) is 6.92 Å². The second-order valence-electron chi connectivity index (χ2n) is 2.36. The lowest BCUT2D eigenvalue weighted by atomic mass is 10.4. The molecule has 0 aromatic carbocycles. The quantitative estimate of drug-likeness (QED) is 0.538. The monoisotopic (exact) mass is 183 g/mol. The molecule has 0 aliphatic rings. The van der Waals surface area contributed by atoms with Gasteiger partial charge < -0.3 is 10.3 Å². The van der Waals surface area contributed by atoms with Gasteiger partial charge in [0.2, 0.25) is 0 Å². The molecular weight excluding hydrogens is 174 g/mol. The fourth-order valence-electron chi connectivity index (χ4n) is 0.847. The van der Waals surface area contributed by atoms with Gasteiger partial charge in [0.1, 0.15) is 5.69 Å². The minimum Gasteiger partial charge on any atom is -0.351 e. The van der Waals surface area contributed by atoms with Gasteiger partial charge in [0.25, 0.3) is 11.5 Å². The van der Waals surface area contributed by atoms with Gasteiger partial charge in [-0.3, -0.25) is 14.6 Å². The molecule has 0 atom stereocenters. The van der Waals surface area contributed by atoms with Crippen LogP contribution in [0.5, 0.6) is 0 Å². The van der Waals surface area contributed by atoms with E-state index in [0.717, 1.165) is 6.07 Å². The van der Waals surface area contributed by atoms with Gasteiger partial charge in [0.05, 0.1) is 0 Å². The Balaban J connectivity index is 3.08. The van der Waals surface area contributed by atoms with E-state index >= 15 is 0 Å². The molecule has 3 N–H and O–H groups in total. The van der Waals surface area contributed by atoms with E-state index in [-0.39, 0.29) is 5.69 Å². The molecule has 0 saturated heterocycles. The summed E-state index contributed by atoms with van der Waals surface area (Å²) in [6.45, 7) is 2.18. The summed E-state index contributed by atoms with van der Waals surface area (Å²) in [6.07, 6.45) is 0. The van der Waals surface area contributed by atoms with Crippen molar-refractivity contribution >= 4 is 5.91 Å². The van der Waals surface area contributed by atoms with Gasteiger partial charge in [-0.2, -0.15) is 0 Å². The Hall–Kier alpha value is -1.85. The summed E-state index contributed by atoms with van der Waals surface area (Å²) in [5, 5.41) is 2.45. The van der Waals surface area contributed by atoms with Crippen LogP contribution in [0, 0.1) is 0 Å². The van der Waals surface area contributed by atoms with E-state index in [4.69, 9.17) is 0 Å². The largest absolute Gasteiger partial charge is 0.351 e. The smallest absolute Gasteiger partial charge is 0.326 e. The van der Waals surface area contributed by atoms with Gasteiger partial charge in [0.15, 0.2) is 0 Å². The number of hydrogen-bond donors (Lipinski definition) is 3. The van der Waals surface area contributed by atoms with Gasteiger partial charge in [-0.05, 0) is 6.92 Å². The molecule has 0 spiro atoms. The molecule has 0 saturated carbocycles. The molecule has 70 valence electrons. The Bertz CT molecular complexity index is 389. The van der Waals surface area contributed by atoms with Crippen molar-refractivity contribution < 1.29 is 4.79 Å². The minimum absolute atomic E-state index is 0.0319. The van der Waals surface area contributed by atoms with Gasteiger partial charge in [-0.15, -0.1) is 0 Å². The minimum atomic E-state index is -0.686. The molecule has 0 unspecified atom stereocenters. The molecule has 0 bridgehead atoms. The predicted octanol–water partition coefficient (Wildman–Crippen LogP) is -1.19. The summed E-state index contributed by atoms with van der Waals surface area (Å²) >= 11 is 0. The zero-order chi connectivity index (χ0) is 9.84. The zero-order valence-corrected chi connectivity index (χ0v) is 7.01. The maximum Gasteiger partial charge on any atom is 0.326 e. The van der Waals surface area contributed by atoms with E-state index < -0.39 is 17.2 Å². The number of aromatic amines is 2. The highest BCUT2D eigenvalue weighted by Crippen LogP contribution is 1.83. The normalized spacial score (nSPS) is 9.62. The lowest BCUT2D eigenvalue weighted by Gasteiger charge is -1.99. The molecule has 0 aliphatic carbocycles. The molecule has 0 fully saturated rings. The van der Waals surface area contributed by atoms with Gasteiger partial charge in [-0.25, -0.2) is 4.79 Å². The van der Waals surface area contributed by atoms with Crippen molar-refractivity contribution in [2.24, 2.45) is 0 Å². The van der Waals surface area contributed by atoms with Crippen LogP contribution in [0.25, 0.3) is 0 Å². The van der Waals surface area contributed by atoms with Gasteiger partial charge in [0, 0.05) is 12.6 Å². The molecule has 1 aromatic heterocycles. The van der Waals surface area contributed by atoms with E-state index in [9.17, 15) is 14.4 Å². The molecule has 6 nitrogen and oxygen atoms in total. The Kier molecular flexibility index (Phi) is 2.63. The van der Waals surface area contributed by atoms with Crippen LogP contribution in [-0.2, 0) is 0 Å². The van der Waals surface area contributed by atoms with Crippen LogP contribution >= 0.6 is 0 Å². The fourth-order valence-corrected chi connectivity index (χ4v) is 0.847.